The van der Waals surface area contributed by atoms with Gasteiger partial charge in [-0.1, -0.05) is 6.07 Å². The van der Waals surface area contributed by atoms with E-state index in [0.717, 1.165) is 28.8 Å². The summed E-state index contributed by atoms with van der Waals surface area (Å²) in [5.41, 5.74) is -1.27. The predicted octanol–water partition coefficient (Wildman–Crippen LogP) is 4.13. The number of nitrogens with zero attached hydrogens (tertiary/aromatic N) is 3. The first-order chi connectivity index (χ1) is 13.8. The molecule has 1 aromatic carbocycles. The molecule has 5 nitrogen and oxygen atoms in total. The van der Waals surface area contributed by atoms with Crippen molar-refractivity contribution in [2.24, 2.45) is 0 Å². The fourth-order valence-corrected chi connectivity index (χ4v) is 4.29. The van der Waals surface area contributed by atoms with E-state index in [1.54, 1.807) is 0 Å². The van der Waals surface area contributed by atoms with Gasteiger partial charge in [0.2, 0.25) is 5.91 Å². The highest BCUT2D eigenvalue weighted by atomic mass is 32.1. The molecule has 2 aromatic heterocycles. The van der Waals surface area contributed by atoms with Crippen molar-refractivity contribution in [3.05, 3.63) is 52.9 Å². The van der Waals surface area contributed by atoms with E-state index in [2.05, 4.69) is 15.3 Å². The highest BCUT2D eigenvalue weighted by Gasteiger charge is 2.35. The number of benzene rings is 1. The Balaban J connectivity index is 1.53. The average molecular weight is 424 g/mol. The molecule has 152 valence electrons. The van der Waals surface area contributed by atoms with Gasteiger partial charge >= 0.3 is 6.18 Å². The summed E-state index contributed by atoms with van der Waals surface area (Å²) in [7, 11) is 0. The number of thiophene rings is 1. The molecule has 1 saturated heterocycles. The van der Waals surface area contributed by atoms with Crippen molar-refractivity contribution >= 4 is 33.3 Å². The number of fused-ring (bicyclic) bond motifs is 1. The minimum atomic E-state index is -4.70. The number of alkyl halides is 3. The zero-order chi connectivity index (χ0) is 20.6. The highest BCUT2D eigenvalue weighted by molar-refractivity contribution is 7.16. The van der Waals surface area contributed by atoms with Gasteiger partial charge in [-0.3, -0.25) is 4.79 Å². The van der Waals surface area contributed by atoms with Crippen molar-refractivity contribution in [3.8, 4) is 0 Å². The second-order valence-corrected chi connectivity index (χ2v) is 7.60. The zero-order valence-electron chi connectivity index (χ0n) is 15.0. The number of hydrogen-bond acceptors (Lipinski definition) is 5. The Kier molecular flexibility index (Phi) is 5.12. The third-order valence-electron chi connectivity index (χ3n) is 4.90. The molecule has 3 heterocycles. The Morgan fingerprint density at radius 3 is 2.90 bits per heavy atom. The number of nitrogens with one attached hydrogen (secondary N) is 1. The van der Waals surface area contributed by atoms with Gasteiger partial charge in [-0.15, -0.1) is 11.3 Å². The quantitative estimate of drug-likeness (QED) is 0.640. The summed E-state index contributed by atoms with van der Waals surface area (Å²) in [4.78, 5) is 23.9. The minimum Gasteiger partial charge on any atom is -0.350 e. The minimum absolute atomic E-state index is 0.181. The van der Waals surface area contributed by atoms with E-state index in [1.165, 1.54) is 17.7 Å². The lowest BCUT2D eigenvalue weighted by Gasteiger charge is -2.25. The third kappa shape index (κ3) is 3.89. The summed E-state index contributed by atoms with van der Waals surface area (Å²) in [5, 5.41) is 5.30. The van der Waals surface area contributed by atoms with Gasteiger partial charge in [0, 0.05) is 13.1 Å². The fraction of sp³-hybridized carbons (Fsp3) is 0.316. The molecule has 1 N–H and O–H groups in total. The highest BCUT2D eigenvalue weighted by Crippen LogP contribution is 2.33. The number of aromatic nitrogens is 2. The van der Waals surface area contributed by atoms with Crippen LogP contribution in [0.3, 0.4) is 0 Å². The number of amides is 1. The van der Waals surface area contributed by atoms with Crippen LogP contribution in [-0.2, 0) is 17.5 Å². The molecule has 0 saturated carbocycles. The maximum absolute atomic E-state index is 13.3. The van der Waals surface area contributed by atoms with Crippen molar-refractivity contribution in [1.82, 2.24) is 15.3 Å². The van der Waals surface area contributed by atoms with Crippen LogP contribution in [0.4, 0.5) is 23.4 Å². The van der Waals surface area contributed by atoms with E-state index in [0.29, 0.717) is 24.8 Å². The molecule has 1 atom stereocenters. The van der Waals surface area contributed by atoms with Crippen LogP contribution in [0.25, 0.3) is 10.2 Å². The Morgan fingerprint density at radius 2 is 2.10 bits per heavy atom. The van der Waals surface area contributed by atoms with Crippen LogP contribution in [0.5, 0.6) is 0 Å². The first-order valence-electron chi connectivity index (χ1n) is 8.93. The molecule has 1 aliphatic heterocycles. The SMILES string of the molecule is O=C(NCc1ccc(F)cc1C(F)(F)F)[C@H]1CCCN1c1ncnc2sccc12. The van der Waals surface area contributed by atoms with Crippen LogP contribution in [0.1, 0.15) is 24.0 Å². The normalized spacial score (nSPS) is 17.1. The molecular weight excluding hydrogens is 408 g/mol. The molecule has 4 rings (SSSR count). The van der Waals surface area contributed by atoms with Gasteiger partial charge in [0.15, 0.2) is 0 Å². The van der Waals surface area contributed by atoms with Gasteiger partial charge in [0.05, 0.1) is 10.9 Å². The zero-order valence-corrected chi connectivity index (χ0v) is 15.9. The summed E-state index contributed by atoms with van der Waals surface area (Å²) in [6, 6.07) is 3.79. The molecular formula is C19H16F4N4OS. The molecule has 10 heteroatoms. The van der Waals surface area contributed by atoms with Crippen molar-refractivity contribution in [1.29, 1.82) is 0 Å². The van der Waals surface area contributed by atoms with E-state index in [-0.39, 0.29) is 18.0 Å². The van der Waals surface area contributed by atoms with Gasteiger partial charge in [0.1, 0.15) is 28.8 Å². The number of carbonyl (C=O) groups is 1. The third-order valence-corrected chi connectivity index (χ3v) is 5.72. The van der Waals surface area contributed by atoms with E-state index < -0.39 is 23.6 Å². The largest absolute Gasteiger partial charge is 0.416 e. The smallest absolute Gasteiger partial charge is 0.350 e. The van der Waals surface area contributed by atoms with Crippen molar-refractivity contribution in [2.45, 2.75) is 31.6 Å². The van der Waals surface area contributed by atoms with Gasteiger partial charge in [-0.05, 0) is 42.0 Å². The maximum atomic E-state index is 13.3. The molecule has 0 aliphatic carbocycles. The van der Waals surface area contributed by atoms with Crippen LogP contribution in [0.15, 0.2) is 36.0 Å². The van der Waals surface area contributed by atoms with Crippen LogP contribution in [-0.4, -0.2) is 28.5 Å². The van der Waals surface area contributed by atoms with Gasteiger partial charge in [-0.25, -0.2) is 14.4 Å². The molecule has 0 bridgehead atoms. The topological polar surface area (TPSA) is 58.1 Å². The molecule has 29 heavy (non-hydrogen) atoms. The maximum Gasteiger partial charge on any atom is 0.416 e. The van der Waals surface area contributed by atoms with Gasteiger partial charge in [-0.2, -0.15) is 13.2 Å². The lowest BCUT2D eigenvalue weighted by molar-refractivity contribution is -0.138. The van der Waals surface area contributed by atoms with Crippen LogP contribution < -0.4 is 10.2 Å². The van der Waals surface area contributed by atoms with E-state index in [9.17, 15) is 22.4 Å². The average Bonchev–Trinajstić information content (AvgIpc) is 3.35. The van der Waals surface area contributed by atoms with E-state index in [4.69, 9.17) is 0 Å². The van der Waals surface area contributed by atoms with Gasteiger partial charge in [0.25, 0.3) is 0 Å². The predicted molar refractivity (Wildman–Crippen MR) is 101 cm³/mol. The second-order valence-electron chi connectivity index (χ2n) is 6.71. The Hall–Kier alpha value is -2.75. The Bertz CT molecular complexity index is 1050. The number of hydrogen-bond donors (Lipinski definition) is 1. The fourth-order valence-electron chi connectivity index (χ4n) is 3.57. The lowest BCUT2D eigenvalue weighted by Crippen LogP contribution is -2.43. The summed E-state index contributed by atoms with van der Waals surface area (Å²) < 4.78 is 52.7. The summed E-state index contributed by atoms with van der Waals surface area (Å²) in [5.74, 6) is -0.716. The lowest BCUT2D eigenvalue weighted by atomic mass is 10.1. The number of carbonyl (C=O) groups excluding carboxylic acids is 1. The summed E-state index contributed by atoms with van der Waals surface area (Å²) in [6.07, 6.45) is -1.93. The summed E-state index contributed by atoms with van der Waals surface area (Å²) >= 11 is 1.47. The van der Waals surface area contributed by atoms with Gasteiger partial charge < -0.3 is 10.2 Å². The second kappa shape index (κ2) is 7.58. The van der Waals surface area contributed by atoms with Crippen molar-refractivity contribution < 1.29 is 22.4 Å². The molecule has 1 amide bonds. The Morgan fingerprint density at radius 1 is 1.28 bits per heavy atom. The number of rotatable bonds is 4. The van der Waals surface area contributed by atoms with Crippen molar-refractivity contribution in [3.63, 3.8) is 0 Å². The molecule has 0 unspecified atom stereocenters. The van der Waals surface area contributed by atoms with Crippen LogP contribution in [0, 0.1) is 5.82 Å². The molecule has 3 aromatic rings. The van der Waals surface area contributed by atoms with Crippen LogP contribution in [0.2, 0.25) is 0 Å². The monoisotopic (exact) mass is 424 g/mol. The molecule has 1 aliphatic rings. The number of anilines is 1. The number of halogens is 4. The Labute approximate surface area is 167 Å². The van der Waals surface area contributed by atoms with Crippen molar-refractivity contribution in [2.75, 3.05) is 11.4 Å². The first kappa shape index (κ1) is 19.6. The molecule has 1 fully saturated rings. The van der Waals surface area contributed by atoms with Crippen LogP contribution >= 0.6 is 11.3 Å². The molecule has 0 spiro atoms. The standard InChI is InChI=1S/C19H16F4N4OS/c20-12-4-3-11(14(8-12)19(21,22)23)9-24-17(28)15-2-1-6-27(15)16-13-5-7-29-18(13)26-10-25-16/h3-5,7-8,10,15H,1-2,6,9H2,(H,24,28)/t15-/m1/s1. The summed E-state index contributed by atoms with van der Waals surface area (Å²) in [6.45, 7) is 0.278. The molecule has 0 radical (unpaired) electrons. The van der Waals surface area contributed by atoms with E-state index in [1.807, 2.05) is 16.3 Å². The van der Waals surface area contributed by atoms with E-state index >= 15 is 0 Å². The first-order valence-corrected chi connectivity index (χ1v) is 9.81.